The van der Waals surface area contributed by atoms with Crippen LogP contribution < -0.4 is 4.40 Å². The van der Waals surface area contributed by atoms with Gasteiger partial charge in [-0.3, -0.25) is 0 Å². The van der Waals surface area contributed by atoms with Gasteiger partial charge in [0.1, 0.15) is 0 Å². The van der Waals surface area contributed by atoms with Crippen LogP contribution in [0.3, 0.4) is 0 Å². The summed E-state index contributed by atoms with van der Waals surface area (Å²) in [6.45, 7) is 0. The summed E-state index contributed by atoms with van der Waals surface area (Å²) in [7, 11) is 0. The van der Waals surface area contributed by atoms with Gasteiger partial charge in [0.15, 0.2) is 0 Å². The van der Waals surface area contributed by atoms with E-state index in [0.29, 0.717) is 0 Å². The van der Waals surface area contributed by atoms with Gasteiger partial charge in [-0.15, -0.1) is 0 Å². The number of benzene rings is 1. The van der Waals surface area contributed by atoms with Gasteiger partial charge in [-0.25, -0.2) is 0 Å². The van der Waals surface area contributed by atoms with Crippen molar-refractivity contribution in [2.24, 2.45) is 0 Å². The van der Waals surface area contributed by atoms with E-state index in [1.807, 2.05) is 0 Å². The first-order valence-electron chi connectivity index (χ1n) is 5.66. The Hall–Kier alpha value is 0.849. The van der Waals surface area contributed by atoms with E-state index >= 15 is 0 Å². The van der Waals surface area contributed by atoms with Crippen molar-refractivity contribution in [1.82, 2.24) is 0 Å². The van der Waals surface area contributed by atoms with Crippen molar-refractivity contribution in [2.45, 2.75) is 40.3 Å². The molecule has 0 spiro atoms. The minimum atomic E-state index is -0.333. The van der Waals surface area contributed by atoms with Gasteiger partial charge in [0.25, 0.3) is 0 Å². The van der Waals surface area contributed by atoms with Gasteiger partial charge < -0.3 is 0 Å². The first-order valence-corrected chi connectivity index (χ1v) is 21.4. The van der Waals surface area contributed by atoms with Crippen LogP contribution in [0.5, 0.6) is 0 Å². The molecule has 0 unspecified atom stereocenters. The van der Waals surface area contributed by atoms with Crippen LogP contribution in [0, 0.1) is 0 Å². The molecule has 1 rings (SSSR count). The van der Waals surface area contributed by atoms with Gasteiger partial charge in [-0.1, -0.05) is 0 Å². The maximum atomic E-state index is 2.33. The SMILES string of the molecule is [CH3][Ge]([CH3])[CH3].[CH3][Ge]([CH3])[CH3].[CH3][Ge][c]1ccccc1. The molecule has 0 aromatic heterocycles. The van der Waals surface area contributed by atoms with Gasteiger partial charge in [0, 0.05) is 0 Å². The molecule has 0 aliphatic carbocycles. The maximum absolute atomic E-state index is 2.33. The number of rotatable bonds is 1. The van der Waals surface area contributed by atoms with Gasteiger partial charge in [-0.2, -0.15) is 0 Å². The van der Waals surface area contributed by atoms with Crippen molar-refractivity contribution in [3.8, 4) is 0 Å². The molecule has 0 saturated carbocycles. The Labute approximate surface area is 118 Å². The Morgan fingerprint density at radius 2 is 1.06 bits per heavy atom. The second-order valence-corrected chi connectivity index (χ2v) is 19.5. The summed E-state index contributed by atoms with van der Waals surface area (Å²) in [5, 5.41) is 0. The van der Waals surface area contributed by atoms with Crippen LogP contribution in [-0.4, -0.2) is 44.1 Å². The first-order chi connectivity index (χ1) is 7.40. The molecule has 0 nitrogen and oxygen atoms in total. The van der Waals surface area contributed by atoms with Crippen molar-refractivity contribution < 1.29 is 0 Å². The van der Waals surface area contributed by atoms with Crippen LogP contribution in [0.4, 0.5) is 0 Å². The first kappa shape index (κ1) is 19.2. The van der Waals surface area contributed by atoms with E-state index in [9.17, 15) is 0 Å². The molecule has 0 atom stereocenters. The van der Waals surface area contributed by atoms with Crippen molar-refractivity contribution >= 4 is 48.5 Å². The van der Waals surface area contributed by atoms with Crippen LogP contribution in [0.2, 0.25) is 40.3 Å². The third-order valence-corrected chi connectivity index (χ3v) is 2.97. The second kappa shape index (κ2) is 13.9. The molecule has 1 aromatic carbocycles. The van der Waals surface area contributed by atoms with E-state index in [-0.39, 0.29) is 44.1 Å². The van der Waals surface area contributed by atoms with Crippen molar-refractivity contribution in [1.29, 1.82) is 0 Å². The molecule has 0 aliphatic heterocycles. The third kappa shape index (κ3) is 24.2. The van der Waals surface area contributed by atoms with E-state index in [4.69, 9.17) is 0 Å². The fourth-order valence-corrected chi connectivity index (χ4v) is 1.71. The molecule has 0 bridgehead atoms. The van der Waals surface area contributed by atoms with Crippen molar-refractivity contribution in [2.75, 3.05) is 0 Å². The molecule has 0 N–H and O–H groups in total. The van der Waals surface area contributed by atoms with E-state index < -0.39 is 0 Å². The molecule has 4 radical (unpaired) electrons. The van der Waals surface area contributed by atoms with Crippen LogP contribution in [0.15, 0.2) is 30.3 Å². The third-order valence-electron chi connectivity index (χ3n) is 1.06. The Morgan fingerprint density at radius 3 is 1.25 bits per heavy atom. The standard InChI is InChI=1S/C7H8Ge.2C3H9Ge/c1-8-7-5-3-2-4-6-7;2*1-4(2)3/h2-6H,1H3;2*1-3H3. The van der Waals surface area contributed by atoms with E-state index in [1.54, 1.807) is 0 Å². The Bertz CT molecular complexity index is 208. The van der Waals surface area contributed by atoms with Crippen LogP contribution in [-0.2, 0) is 0 Å². The van der Waals surface area contributed by atoms with Crippen molar-refractivity contribution in [3.05, 3.63) is 30.3 Å². The molecule has 90 valence electrons. The van der Waals surface area contributed by atoms with Crippen molar-refractivity contribution in [3.63, 3.8) is 0 Å². The minimum absolute atomic E-state index is 0.196. The Morgan fingerprint density at radius 1 is 0.750 bits per heavy atom. The molecule has 0 aliphatic rings. The van der Waals surface area contributed by atoms with Crippen LogP contribution >= 0.6 is 0 Å². The van der Waals surface area contributed by atoms with Gasteiger partial charge >= 0.3 is 119 Å². The molecule has 0 heterocycles. The van der Waals surface area contributed by atoms with Crippen LogP contribution in [0.25, 0.3) is 0 Å². The molecule has 3 heteroatoms. The average Bonchev–Trinajstić information content (AvgIpc) is 2.17. The summed E-state index contributed by atoms with van der Waals surface area (Å²) in [6, 6.07) is 10.6. The summed E-state index contributed by atoms with van der Waals surface area (Å²) < 4.78 is 1.53. The van der Waals surface area contributed by atoms with Gasteiger partial charge in [-0.05, 0) is 0 Å². The fourth-order valence-electron chi connectivity index (χ4n) is 0.605. The Balaban J connectivity index is 0. The predicted molar refractivity (Wildman–Crippen MR) is 84.4 cm³/mol. The van der Waals surface area contributed by atoms with Gasteiger partial charge in [0.05, 0.1) is 0 Å². The molecular formula is C13H26Ge3. The molecule has 0 saturated heterocycles. The van der Waals surface area contributed by atoms with Crippen LogP contribution in [0.1, 0.15) is 0 Å². The molecular weight excluding hydrogens is 374 g/mol. The zero-order valence-corrected chi connectivity index (χ0v) is 18.2. The summed E-state index contributed by atoms with van der Waals surface area (Å²) in [5.74, 6) is 16.3. The quantitative estimate of drug-likeness (QED) is 0.630. The summed E-state index contributed by atoms with van der Waals surface area (Å²) in [4.78, 5) is 0. The average molecular weight is 400 g/mol. The number of hydrogen-bond donors (Lipinski definition) is 0. The monoisotopic (exact) mass is 404 g/mol. The molecule has 16 heavy (non-hydrogen) atoms. The van der Waals surface area contributed by atoms with E-state index in [1.165, 1.54) is 4.40 Å². The topological polar surface area (TPSA) is 0 Å². The second-order valence-electron chi connectivity index (χ2n) is 4.62. The Kier molecular flexibility index (Phi) is 16.7. The predicted octanol–water partition coefficient (Wildman–Crippen LogP) is 3.81. The number of hydrogen-bond acceptors (Lipinski definition) is 0. The zero-order chi connectivity index (χ0) is 13.0. The molecule has 0 fully saturated rings. The normalized spacial score (nSPS) is 9.06. The van der Waals surface area contributed by atoms with Gasteiger partial charge in [0.2, 0.25) is 0 Å². The van der Waals surface area contributed by atoms with E-state index in [0.717, 1.165) is 0 Å². The summed E-state index contributed by atoms with van der Waals surface area (Å²) in [6.07, 6.45) is 0. The molecule has 1 aromatic rings. The fraction of sp³-hybridized carbons (Fsp3) is 0.538. The summed E-state index contributed by atoms with van der Waals surface area (Å²) in [5.41, 5.74) is 0. The van der Waals surface area contributed by atoms with E-state index in [2.05, 4.69) is 70.6 Å². The molecule has 0 amide bonds. The summed E-state index contributed by atoms with van der Waals surface area (Å²) >= 11 is -0.471. The zero-order valence-electron chi connectivity index (χ0n) is 11.9.